The van der Waals surface area contributed by atoms with E-state index in [0.717, 1.165) is 30.5 Å². The highest BCUT2D eigenvalue weighted by Gasteiger charge is 2.28. The third-order valence-corrected chi connectivity index (χ3v) is 3.67. The molecule has 3 rings (SSSR count). The van der Waals surface area contributed by atoms with Gasteiger partial charge in [0.05, 0.1) is 0 Å². The molecule has 1 aliphatic carbocycles. The fourth-order valence-corrected chi connectivity index (χ4v) is 2.49. The van der Waals surface area contributed by atoms with Crippen LogP contribution < -0.4 is 5.32 Å². The Labute approximate surface area is 96.2 Å². The highest BCUT2D eigenvalue weighted by molar-refractivity contribution is 5.05. The third kappa shape index (κ3) is 2.43. The Hall–Kier alpha value is -0.900. The molecule has 2 aliphatic rings. The largest absolute Gasteiger partial charge is 0.317 e. The summed E-state index contributed by atoms with van der Waals surface area (Å²) in [5, 5.41) is 10.9. The molecule has 0 aromatic carbocycles. The molecule has 0 spiro atoms. The number of rotatable bonds is 3. The molecule has 1 atom stereocenters. The van der Waals surface area contributed by atoms with Gasteiger partial charge in [0.2, 0.25) is 0 Å². The van der Waals surface area contributed by atoms with Crippen molar-refractivity contribution in [3.05, 3.63) is 11.6 Å². The minimum atomic E-state index is 0.667. The summed E-state index contributed by atoms with van der Waals surface area (Å²) in [7, 11) is 0. The topological polar surface area (TPSA) is 53.6 Å². The molecule has 1 saturated heterocycles. The van der Waals surface area contributed by atoms with Gasteiger partial charge in [0.1, 0.15) is 5.82 Å². The van der Waals surface area contributed by atoms with Crippen molar-refractivity contribution in [2.75, 3.05) is 13.1 Å². The number of hydrogen-bond acceptors (Lipinski definition) is 3. The second-order valence-electron chi connectivity index (χ2n) is 5.17. The van der Waals surface area contributed by atoms with E-state index in [0.29, 0.717) is 5.92 Å². The molecule has 4 nitrogen and oxygen atoms in total. The number of hydrogen-bond donors (Lipinski definition) is 2. The van der Waals surface area contributed by atoms with Crippen molar-refractivity contribution in [2.45, 2.75) is 44.4 Å². The predicted molar refractivity (Wildman–Crippen MR) is 62.3 cm³/mol. The van der Waals surface area contributed by atoms with Gasteiger partial charge in [-0.15, -0.1) is 0 Å². The summed E-state index contributed by atoms with van der Waals surface area (Å²) < 4.78 is 0. The Balaban J connectivity index is 1.58. The first-order valence-electron chi connectivity index (χ1n) is 6.54. The molecule has 1 unspecified atom stereocenters. The molecule has 1 aromatic rings. The number of aromatic nitrogens is 3. The molecule has 1 aromatic heterocycles. The maximum atomic E-state index is 4.61. The average Bonchev–Trinajstić information content (AvgIpc) is 3.07. The molecule has 88 valence electrons. The standard InChI is InChI=1S/C12H20N4/c1-2-9(5-7-13-6-1)8-11-14-12(16-15-11)10-3-4-10/h9-10,13H,1-8H2,(H,14,15,16). The molecule has 1 saturated carbocycles. The molecule has 0 radical (unpaired) electrons. The Kier molecular flexibility index (Phi) is 2.91. The van der Waals surface area contributed by atoms with Crippen LogP contribution in [0.1, 0.15) is 49.7 Å². The molecule has 1 aliphatic heterocycles. The van der Waals surface area contributed by atoms with Crippen LogP contribution in [0, 0.1) is 5.92 Å². The van der Waals surface area contributed by atoms with Gasteiger partial charge < -0.3 is 5.32 Å². The summed E-state index contributed by atoms with van der Waals surface area (Å²) in [6, 6.07) is 0. The van der Waals surface area contributed by atoms with E-state index in [1.54, 1.807) is 0 Å². The summed E-state index contributed by atoms with van der Waals surface area (Å²) in [6.07, 6.45) is 7.55. The second kappa shape index (κ2) is 4.53. The summed E-state index contributed by atoms with van der Waals surface area (Å²) in [4.78, 5) is 4.61. The van der Waals surface area contributed by atoms with E-state index < -0.39 is 0 Å². The predicted octanol–water partition coefficient (Wildman–Crippen LogP) is 1.61. The van der Waals surface area contributed by atoms with Crippen molar-refractivity contribution in [1.82, 2.24) is 20.5 Å². The Morgan fingerprint density at radius 2 is 2.06 bits per heavy atom. The van der Waals surface area contributed by atoms with E-state index in [1.807, 2.05) is 0 Å². The van der Waals surface area contributed by atoms with Crippen LogP contribution in [0.2, 0.25) is 0 Å². The second-order valence-corrected chi connectivity index (χ2v) is 5.17. The van der Waals surface area contributed by atoms with Crippen LogP contribution in [0.3, 0.4) is 0 Å². The number of nitrogens with one attached hydrogen (secondary N) is 2. The Bertz CT molecular complexity index is 335. The molecule has 16 heavy (non-hydrogen) atoms. The van der Waals surface area contributed by atoms with Gasteiger partial charge in [-0.05, 0) is 51.1 Å². The van der Waals surface area contributed by atoms with Crippen molar-refractivity contribution in [3.8, 4) is 0 Å². The SMILES string of the molecule is C1CNCCC(Cc2nc(C3CC3)n[nH]2)C1. The molecule has 2 fully saturated rings. The van der Waals surface area contributed by atoms with Crippen LogP contribution in [0.4, 0.5) is 0 Å². The maximum absolute atomic E-state index is 4.61. The van der Waals surface area contributed by atoms with Crippen LogP contribution >= 0.6 is 0 Å². The first-order chi connectivity index (χ1) is 7.92. The lowest BCUT2D eigenvalue weighted by atomic mass is 9.97. The summed E-state index contributed by atoms with van der Waals surface area (Å²) in [6.45, 7) is 2.34. The minimum Gasteiger partial charge on any atom is -0.317 e. The van der Waals surface area contributed by atoms with E-state index in [-0.39, 0.29) is 0 Å². The quantitative estimate of drug-likeness (QED) is 0.813. The lowest BCUT2D eigenvalue weighted by molar-refractivity contribution is 0.460. The fraction of sp³-hybridized carbons (Fsp3) is 0.833. The van der Waals surface area contributed by atoms with E-state index in [9.17, 15) is 0 Å². The highest BCUT2D eigenvalue weighted by Crippen LogP contribution is 2.37. The molecular weight excluding hydrogens is 200 g/mol. The van der Waals surface area contributed by atoms with E-state index >= 15 is 0 Å². The zero-order valence-corrected chi connectivity index (χ0v) is 9.71. The minimum absolute atomic E-state index is 0.667. The van der Waals surface area contributed by atoms with Crippen LogP contribution in [-0.4, -0.2) is 28.3 Å². The summed E-state index contributed by atoms with van der Waals surface area (Å²) in [5.41, 5.74) is 0. The molecule has 4 heteroatoms. The summed E-state index contributed by atoms with van der Waals surface area (Å²) in [5.74, 6) is 3.62. The Morgan fingerprint density at radius 3 is 2.94 bits per heavy atom. The molecule has 0 amide bonds. The molecular formula is C12H20N4. The first-order valence-corrected chi connectivity index (χ1v) is 6.54. The number of H-pyrrole nitrogens is 1. The summed E-state index contributed by atoms with van der Waals surface area (Å²) >= 11 is 0. The Morgan fingerprint density at radius 1 is 1.12 bits per heavy atom. The van der Waals surface area contributed by atoms with Gasteiger partial charge in [0, 0.05) is 12.3 Å². The average molecular weight is 220 g/mol. The third-order valence-electron chi connectivity index (χ3n) is 3.67. The molecule has 2 heterocycles. The van der Waals surface area contributed by atoms with E-state index in [1.165, 1.54) is 38.6 Å². The van der Waals surface area contributed by atoms with Crippen LogP contribution in [-0.2, 0) is 6.42 Å². The molecule has 2 N–H and O–H groups in total. The molecule has 0 bridgehead atoms. The van der Waals surface area contributed by atoms with Crippen LogP contribution in [0.15, 0.2) is 0 Å². The highest BCUT2D eigenvalue weighted by atomic mass is 15.2. The first kappa shape index (κ1) is 10.3. The zero-order chi connectivity index (χ0) is 10.8. The van der Waals surface area contributed by atoms with Crippen LogP contribution in [0.25, 0.3) is 0 Å². The van der Waals surface area contributed by atoms with Gasteiger partial charge in [-0.2, -0.15) is 5.10 Å². The van der Waals surface area contributed by atoms with Gasteiger partial charge in [-0.1, -0.05) is 0 Å². The maximum Gasteiger partial charge on any atom is 0.153 e. The van der Waals surface area contributed by atoms with Crippen molar-refractivity contribution in [2.24, 2.45) is 5.92 Å². The van der Waals surface area contributed by atoms with Gasteiger partial charge in [-0.3, -0.25) is 5.10 Å². The lowest BCUT2D eigenvalue weighted by Crippen LogP contribution is -2.14. The monoisotopic (exact) mass is 220 g/mol. The van der Waals surface area contributed by atoms with Gasteiger partial charge >= 0.3 is 0 Å². The van der Waals surface area contributed by atoms with E-state index in [4.69, 9.17) is 0 Å². The van der Waals surface area contributed by atoms with Gasteiger partial charge in [0.15, 0.2) is 5.82 Å². The number of nitrogens with zero attached hydrogens (tertiary/aromatic N) is 2. The van der Waals surface area contributed by atoms with Crippen molar-refractivity contribution in [3.63, 3.8) is 0 Å². The van der Waals surface area contributed by atoms with Gasteiger partial charge in [-0.25, -0.2) is 4.98 Å². The van der Waals surface area contributed by atoms with Crippen LogP contribution in [0.5, 0.6) is 0 Å². The lowest BCUT2D eigenvalue weighted by Gasteiger charge is -2.10. The van der Waals surface area contributed by atoms with Gasteiger partial charge in [0.25, 0.3) is 0 Å². The fourth-order valence-electron chi connectivity index (χ4n) is 2.49. The van der Waals surface area contributed by atoms with E-state index in [2.05, 4.69) is 20.5 Å². The number of aromatic amines is 1. The van der Waals surface area contributed by atoms with Crippen molar-refractivity contribution >= 4 is 0 Å². The zero-order valence-electron chi connectivity index (χ0n) is 9.71. The van der Waals surface area contributed by atoms with Crippen molar-refractivity contribution in [1.29, 1.82) is 0 Å². The smallest absolute Gasteiger partial charge is 0.153 e. The van der Waals surface area contributed by atoms with Crippen molar-refractivity contribution < 1.29 is 0 Å². The normalized spacial score (nSPS) is 26.6.